The van der Waals surface area contributed by atoms with Gasteiger partial charge >= 0.3 is 0 Å². The first-order valence-electron chi connectivity index (χ1n) is 8.68. The maximum absolute atomic E-state index is 12.5. The van der Waals surface area contributed by atoms with Gasteiger partial charge < -0.3 is 10.2 Å². The number of carbonyl (C=O) groups is 2. The Bertz CT molecular complexity index is 793. The summed E-state index contributed by atoms with van der Waals surface area (Å²) in [5.74, 6) is -0.335. The van der Waals surface area contributed by atoms with Crippen LogP contribution >= 0.6 is 22.9 Å². The Morgan fingerprint density at radius 3 is 2.81 bits per heavy atom. The largest absolute Gasteiger partial charge is 0.312 e. The summed E-state index contributed by atoms with van der Waals surface area (Å²) in [5.41, 5.74) is 0.751. The van der Waals surface area contributed by atoms with E-state index < -0.39 is 5.92 Å². The zero-order valence-electron chi connectivity index (χ0n) is 14.7. The molecule has 1 fully saturated rings. The Morgan fingerprint density at radius 1 is 1.38 bits per heavy atom. The standard InChI is InChI=1S/C18H21ClN4O2S/c1-3-4-11(2)17-21-22-18(26-17)20-16(25)12-9-15(24)23(10-12)14-7-5-13(19)6-8-14/h5-8,11-12H,3-4,9-10H2,1-2H3,(H,20,22,25)/t11-,12+/m0/s1. The molecule has 6 nitrogen and oxygen atoms in total. The highest BCUT2D eigenvalue weighted by atomic mass is 35.5. The summed E-state index contributed by atoms with van der Waals surface area (Å²) in [4.78, 5) is 26.4. The molecule has 0 unspecified atom stereocenters. The molecule has 1 aliphatic rings. The zero-order chi connectivity index (χ0) is 18.7. The number of hydrogen-bond donors (Lipinski definition) is 1. The number of rotatable bonds is 6. The lowest BCUT2D eigenvalue weighted by atomic mass is 10.1. The van der Waals surface area contributed by atoms with Crippen molar-refractivity contribution < 1.29 is 9.59 Å². The molecule has 8 heteroatoms. The average molecular weight is 393 g/mol. The Labute approximate surface area is 161 Å². The minimum absolute atomic E-state index is 0.0676. The van der Waals surface area contributed by atoms with Crippen molar-refractivity contribution in [2.45, 2.75) is 39.0 Å². The second kappa shape index (κ2) is 8.14. The van der Waals surface area contributed by atoms with Crippen LogP contribution in [0.3, 0.4) is 0 Å². The molecular weight excluding hydrogens is 372 g/mol. The monoisotopic (exact) mass is 392 g/mol. The first-order valence-corrected chi connectivity index (χ1v) is 9.87. The van der Waals surface area contributed by atoms with E-state index in [1.807, 2.05) is 0 Å². The molecule has 0 aliphatic carbocycles. The topological polar surface area (TPSA) is 75.2 Å². The Hall–Kier alpha value is -1.99. The maximum Gasteiger partial charge on any atom is 0.231 e. The van der Waals surface area contributed by atoms with Gasteiger partial charge in [-0.05, 0) is 30.7 Å². The molecule has 1 N–H and O–H groups in total. The molecule has 1 aliphatic heterocycles. The molecule has 1 saturated heterocycles. The summed E-state index contributed by atoms with van der Waals surface area (Å²) in [6, 6.07) is 7.04. The van der Waals surface area contributed by atoms with E-state index in [-0.39, 0.29) is 18.2 Å². The highest BCUT2D eigenvalue weighted by molar-refractivity contribution is 7.15. The van der Waals surface area contributed by atoms with Crippen LogP contribution in [0.4, 0.5) is 10.8 Å². The van der Waals surface area contributed by atoms with Crippen LogP contribution in [0, 0.1) is 5.92 Å². The van der Waals surface area contributed by atoms with E-state index in [4.69, 9.17) is 11.6 Å². The molecule has 138 valence electrons. The van der Waals surface area contributed by atoms with Gasteiger partial charge in [-0.1, -0.05) is 43.2 Å². The molecule has 0 bridgehead atoms. The highest BCUT2D eigenvalue weighted by Gasteiger charge is 2.35. The summed E-state index contributed by atoms with van der Waals surface area (Å²) < 4.78 is 0. The lowest BCUT2D eigenvalue weighted by Crippen LogP contribution is -2.28. The molecule has 26 heavy (non-hydrogen) atoms. The lowest BCUT2D eigenvalue weighted by Gasteiger charge is -2.16. The number of halogens is 1. The van der Waals surface area contributed by atoms with Crippen molar-refractivity contribution in [2.75, 3.05) is 16.8 Å². The molecule has 0 saturated carbocycles. The van der Waals surface area contributed by atoms with Gasteiger partial charge in [0.1, 0.15) is 5.01 Å². The maximum atomic E-state index is 12.5. The number of carbonyl (C=O) groups excluding carboxylic acids is 2. The fraction of sp³-hybridized carbons (Fsp3) is 0.444. The van der Waals surface area contributed by atoms with Gasteiger partial charge in [-0.2, -0.15) is 0 Å². The minimum Gasteiger partial charge on any atom is -0.312 e. The SMILES string of the molecule is CCC[C@H](C)c1nnc(NC(=O)[C@@H]2CC(=O)N(c3ccc(Cl)cc3)C2)s1. The summed E-state index contributed by atoms with van der Waals surface area (Å²) in [5, 5.41) is 13.1. The van der Waals surface area contributed by atoms with Crippen molar-refractivity contribution in [3.63, 3.8) is 0 Å². The van der Waals surface area contributed by atoms with Gasteiger partial charge in [0.05, 0.1) is 5.92 Å². The second-order valence-corrected chi connectivity index (χ2v) is 7.95. The zero-order valence-corrected chi connectivity index (χ0v) is 16.3. The Balaban J connectivity index is 1.62. The van der Waals surface area contributed by atoms with Crippen molar-refractivity contribution in [1.82, 2.24) is 10.2 Å². The average Bonchev–Trinajstić information content (AvgIpc) is 3.23. The third kappa shape index (κ3) is 4.22. The number of nitrogens with zero attached hydrogens (tertiary/aromatic N) is 3. The van der Waals surface area contributed by atoms with E-state index in [0.29, 0.717) is 22.6 Å². The van der Waals surface area contributed by atoms with Crippen LogP contribution in [0.25, 0.3) is 0 Å². The molecule has 3 rings (SSSR count). The minimum atomic E-state index is -0.404. The number of benzene rings is 1. The molecule has 2 heterocycles. The van der Waals surface area contributed by atoms with Crippen LogP contribution in [0.1, 0.15) is 44.0 Å². The quantitative estimate of drug-likeness (QED) is 0.803. The fourth-order valence-electron chi connectivity index (χ4n) is 3.00. The van der Waals surface area contributed by atoms with Crippen LogP contribution in [-0.2, 0) is 9.59 Å². The predicted molar refractivity (Wildman–Crippen MR) is 104 cm³/mol. The summed E-state index contributed by atoms with van der Waals surface area (Å²) in [6.07, 6.45) is 2.30. The Kier molecular flexibility index (Phi) is 5.88. The van der Waals surface area contributed by atoms with E-state index >= 15 is 0 Å². The molecular formula is C18H21ClN4O2S. The van der Waals surface area contributed by atoms with E-state index in [1.165, 1.54) is 11.3 Å². The number of hydrogen-bond acceptors (Lipinski definition) is 5. The molecule has 2 aromatic rings. The van der Waals surface area contributed by atoms with Gasteiger partial charge in [-0.25, -0.2) is 0 Å². The van der Waals surface area contributed by atoms with Crippen LogP contribution in [-0.4, -0.2) is 28.6 Å². The highest BCUT2D eigenvalue weighted by Crippen LogP contribution is 2.29. The lowest BCUT2D eigenvalue weighted by molar-refractivity contribution is -0.122. The summed E-state index contributed by atoms with van der Waals surface area (Å²) in [7, 11) is 0. The van der Waals surface area contributed by atoms with Crippen molar-refractivity contribution in [1.29, 1.82) is 0 Å². The number of amides is 2. The smallest absolute Gasteiger partial charge is 0.231 e. The van der Waals surface area contributed by atoms with Crippen LogP contribution < -0.4 is 10.2 Å². The van der Waals surface area contributed by atoms with Crippen LogP contribution in [0.2, 0.25) is 5.02 Å². The van der Waals surface area contributed by atoms with Gasteiger partial charge in [-0.3, -0.25) is 9.59 Å². The van der Waals surface area contributed by atoms with Crippen LogP contribution in [0.15, 0.2) is 24.3 Å². The third-order valence-corrected chi connectivity index (χ3v) is 5.77. The fourth-order valence-corrected chi connectivity index (χ4v) is 3.96. The van der Waals surface area contributed by atoms with Crippen molar-refractivity contribution >= 4 is 45.6 Å². The number of aromatic nitrogens is 2. The normalized spacial score (nSPS) is 18.2. The number of nitrogens with one attached hydrogen (secondary N) is 1. The van der Waals surface area contributed by atoms with Crippen molar-refractivity contribution in [2.24, 2.45) is 5.92 Å². The predicted octanol–water partition coefficient (Wildman–Crippen LogP) is 4.09. The van der Waals surface area contributed by atoms with Gasteiger partial charge in [0, 0.05) is 29.6 Å². The summed E-state index contributed by atoms with van der Waals surface area (Å²) in [6.45, 7) is 4.59. The summed E-state index contributed by atoms with van der Waals surface area (Å²) >= 11 is 7.29. The molecule has 0 radical (unpaired) electrons. The van der Waals surface area contributed by atoms with E-state index in [2.05, 4.69) is 29.4 Å². The van der Waals surface area contributed by atoms with Crippen molar-refractivity contribution in [3.05, 3.63) is 34.3 Å². The third-order valence-electron chi connectivity index (χ3n) is 4.45. The van der Waals surface area contributed by atoms with Crippen LogP contribution in [0.5, 0.6) is 0 Å². The van der Waals surface area contributed by atoms with Gasteiger partial charge in [0.2, 0.25) is 16.9 Å². The first-order chi connectivity index (χ1) is 12.5. The first kappa shape index (κ1) is 18.8. The molecule has 2 atom stereocenters. The van der Waals surface area contributed by atoms with Gasteiger partial charge in [-0.15, -0.1) is 10.2 Å². The van der Waals surface area contributed by atoms with Crippen molar-refractivity contribution in [3.8, 4) is 0 Å². The van der Waals surface area contributed by atoms with Gasteiger partial charge in [0.25, 0.3) is 0 Å². The molecule has 2 amide bonds. The second-order valence-electron chi connectivity index (χ2n) is 6.51. The van der Waals surface area contributed by atoms with Gasteiger partial charge in [0.15, 0.2) is 0 Å². The number of anilines is 2. The van der Waals surface area contributed by atoms with E-state index in [1.54, 1.807) is 29.2 Å². The Morgan fingerprint density at radius 2 is 2.12 bits per heavy atom. The van der Waals surface area contributed by atoms with E-state index in [9.17, 15) is 9.59 Å². The molecule has 0 spiro atoms. The molecule has 1 aromatic heterocycles. The van der Waals surface area contributed by atoms with E-state index in [0.717, 1.165) is 23.5 Å². The molecule has 1 aromatic carbocycles.